The van der Waals surface area contributed by atoms with E-state index in [-0.39, 0.29) is 0 Å². The van der Waals surface area contributed by atoms with E-state index in [1.807, 2.05) is 18.2 Å². The van der Waals surface area contributed by atoms with Crippen molar-refractivity contribution < 1.29 is 9.26 Å². The van der Waals surface area contributed by atoms with E-state index in [0.29, 0.717) is 17.6 Å². The number of hydrogen-bond acceptors (Lipinski definition) is 5. The fourth-order valence-electron chi connectivity index (χ4n) is 1.90. The third-order valence-corrected chi connectivity index (χ3v) is 3.92. The van der Waals surface area contributed by atoms with Crippen molar-refractivity contribution in [1.82, 2.24) is 10.1 Å². The van der Waals surface area contributed by atoms with E-state index >= 15 is 0 Å². The molecule has 1 heterocycles. The van der Waals surface area contributed by atoms with Crippen LogP contribution >= 0.6 is 15.9 Å². The van der Waals surface area contributed by atoms with Crippen molar-refractivity contribution in [3.63, 3.8) is 0 Å². The monoisotopic (exact) mass is 323 g/mol. The quantitative estimate of drug-likeness (QED) is 0.936. The summed E-state index contributed by atoms with van der Waals surface area (Å²) in [6.07, 6.45) is 2.25. The van der Waals surface area contributed by atoms with E-state index in [1.54, 1.807) is 7.11 Å². The molecule has 5 nitrogen and oxygen atoms in total. The second-order valence-electron chi connectivity index (χ2n) is 4.63. The zero-order valence-corrected chi connectivity index (χ0v) is 12.1. The minimum Gasteiger partial charge on any atom is -0.497 e. The predicted octanol–water partition coefficient (Wildman–Crippen LogP) is 2.77. The van der Waals surface area contributed by atoms with E-state index < -0.39 is 6.04 Å². The number of methoxy groups -OCH3 is 1. The lowest BCUT2D eigenvalue weighted by atomic mass is 10.1. The summed E-state index contributed by atoms with van der Waals surface area (Å²) in [5.41, 5.74) is 7.08. The molecule has 0 radical (unpaired) electrons. The lowest BCUT2D eigenvalue weighted by Gasteiger charge is -2.11. The van der Waals surface area contributed by atoms with Gasteiger partial charge in [-0.05, 0) is 36.6 Å². The number of aromatic nitrogens is 2. The largest absolute Gasteiger partial charge is 0.497 e. The van der Waals surface area contributed by atoms with Gasteiger partial charge in [-0.25, -0.2) is 0 Å². The summed E-state index contributed by atoms with van der Waals surface area (Å²) in [5, 5.41) is 3.98. The topological polar surface area (TPSA) is 74.2 Å². The van der Waals surface area contributed by atoms with Gasteiger partial charge in [0.15, 0.2) is 5.82 Å². The molecule has 1 aromatic carbocycles. The molecule has 100 valence electrons. The van der Waals surface area contributed by atoms with Crippen LogP contribution in [0.1, 0.15) is 42.1 Å². The summed E-state index contributed by atoms with van der Waals surface area (Å²) in [6, 6.07) is 5.21. The second kappa shape index (κ2) is 4.94. The molecule has 1 unspecified atom stereocenters. The minimum absolute atomic E-state index is 0.430. The van der Waals surface area contributed by atoms with Gasteiger partial charge >= 0.3 is 0 Å². The first-order valence-electron chi connectivity index (χ1n) is 6.11. The van der Waals surface area contributed by atoms with Gasteiger partial charge in [0.1, 0.15) is 5.75 Å². The van der Waals surface area contributed by atoms with E-state index in [4.69, 9.17) is 15.0 Å². The molecule has 19 heavy (non-hydrogen) atoms. The van der Waals surface area contributed by atoms with Gasteiger partial charge in [0.05, 0.1) is 13.2 Å². The van der Waals surface area contributed by atoms with Crippen molar-refractivity contribution >= 4 is 15.9 Å². The molecule has 1 aromatic heterocycles. The normalized spacial score (nSPS) is 16.4. The highest BCUT2D eigenvalue weighted by Crippen LogP contribution is 2.39. The van der Waals surface area contributed by atoms with E-state index in [1.165, 1.54) is 0 Å². The number of halogens is 1. The lowest BCUT2D eigenvalue weighted by molar-refractivity contribution is 0.372. The van der Waals surface area contributed by atoms with Crippen molar-refractivity contribution in [2.24, 2.45) is 5.73 Å². The first-order valence-corrected chi connectivity index (χ1v) is 6.91. The Labute approximate surface area is 119 Å². The van der Waals surface area contributed by atoms with Crippen LogP contribution < -0.4 is 10.5 Å². The maximum Gasteiger partial charge on any atom is 0.229 e. The van der Waals surface area contributed by atoms with Crippen LogP contribution in [0.4, 0.5) is 0 Å². The molecule has 0 spiro atoms. The zero-order valence-electron chi connectivity index (χ0n) is 10.5. The Morgan fingerprint density at radius 1 is 1.47 bits per heavy atom. The summed E-state index contributed by atoms with van der Waals surface area (Å²) in [5.74, 6) is 2.39. The standard InChI is InChI=1S/C13H14BrN3O2/c1-18-8-4-5-10(14)9(6-8)11(15)12-16-13(19-17-12)7-2-3-7/h4-7,11H,2-3,15H2,1H3. The molecule has 1 atom stereocenters. The SMILES string of the molecule is COc1ccc(Br)c(C(N)c2noc(C3CC3)n2)c1. The number of ether oxygens (including phenoxy) is 1. The van der Waals surface area contributed by atoms with Gasteiger partial charge in [-0.15, -0.1) is 0 Å². The van der Waals surface area contributed by atoms with Gasteiger partial charge in [0.25, 0.3) is 0 Å². The minimum atomic E-state index is -0.430. The third-order valence-electron chi connectivity index (χ3n) is 3.20. The van der Waals surface area contributed by atoms with Crippen molar-refractivity contribution in [1.29, 1.82) is 0 Å². The average molecular weight is 324 g/mol. The predicted molar refractivity (Wildman–Crippen MR) is 73.0 cm³/mol. The van der Waals surface area contributed by atoms with Crippen LogP contribution in [0.15, 0.2) is 27.2 Å². The van der Waals surface area contributed by atoms with E-state index in [9.17, 15) is 0 Å². The van der Waals surface area contributed by atoms with Crippen molar-refractivity contribution in [2.45, 2.75) is 24.8 Å². The van der Waals surface area contributed by atoms with Crippen LogP contribution in [0, 0.1) is 0 Å². The van der Waals surface area contributed by atoms with Gasteiger partial charge in [0.2, 0.25) is 5.89 Å². The molecule has 1 fully saturated rings. The third kappa shape index (κ3) is 2.50. The highest BCUT2D eigenvalue weighted by Gasteiger charge is 2.30. The first kappa shape index (κ1) is 12.6. The molecule has 1 saturated carbocycles. The summed E-state index contributed by atoms with van der Waals surface area (Å²) >= 11 is 3.48. The maximum absolute atomic E-state index is 6.20. The molecule has 2 aromatic rings. The first-order chi connectivity index (χ1) is 9.19. The molecule has 1 aliphatic rings. The van der Waals surface area contributed by atoms with Gasteiger partial charge in [-0.3, -0.25) is 0 Å². The molecule has 2 N–H and O–H groups in total. The zero-order chi connectivity index (χ0) is 13.4. The number of rotatable bonds is 4. The highest BCUT2D eigenvalue weighted by atomic mass is 79.9. The number of benzene rings is 1. The van der Waals surface area contributed by atoms with Crippen LogP contribution in [0.25, 0.3) is 0 Å². The van der Waals surface area contributed by atoms with Crippen LogP contribution in [-0.4, -0.2) is 17.3 Å². The summed E-state index contributed by atoms with van der Waals surface area (Å²) in [4.78, 5) is 4.38. The molecule has 0 bridgehead atoms. The van der Waals surface area contributed by atoms with Crippen molar-refractivity contribution in [3.05, 3.63) is 40.0 Å². The number of hydrogen-bond donors (Lipinski definition) is 1. The van der Waals surface area contributed by atoms with Gasteiger partial charge in [-0.1, -0.05) is 21.1 Å². The molecule has 1 aliphatic carbocycles. The molecule has 6 heteroatoms. The molecule has 3 rings (SSSR count). The molecule has 0 aliphatic heterocycles. The van der Waals surface area contributed by atoms with E-state index in [0.717, 1.165) is 28.6 Å². The Balaban J connectivity index is 1.90. The fraction of sp³-hybridized carbons (Fsp3) is 0.385. The molecule has 0 amide bonds. The maximum atomic E-state index is 6.20. The summed E-state index contributed by atoms with van der Waals surface area (Å²) in [6.45, 7) is 0. The van der Waals surface area contributed by atoms with Crippen LogP contribution in [0.5, 0.6) is 5.75 Å². The van der Waals surface area contributed by atoms with Crippen LogP contribution in [0.2, 0.25) is 0 Å². The van der Waals surface area contributed by atoms with Gasteiger partial charge in [0, 0.05) is 10.4 Å². The lowest BCUT2D eigenvalue weighted by Crippen LogP contribution is -2.14. The summed E-state index contributed by atoms with van der Waals surface area (Å²) in [7, 11) is 1.62. The molecule has 0 saturated heterocycles. The molecular weight excluding hydrogens is 310 g/mol. The Kier molecular flexibility index (Phi) is 3.28. The molecular formula is C13H14BrN3O2. The van der Waals surface area contributed by atoms with E-state index in [2.05, 4.69) is 26.1 Å². The Bertz CT molecular complexity index is 595. The average Bonchev–Trinajstić information content (AvgIpc) is 3.16. The number of nitrogens with zero attached hydrogens (tertiary/aromatic N) is 2. The second-order valence-corrected chi connectivity index (χ2v) is 5.48. The van der Waals surface area contributed by atoms with Gasteiger partial charge in [-0.2, -0.15) is 4.98 Å². The Morgan fingerprint density at radius 3 is 2.95 bits per heavy atom. The van der Waals surface area contributed by atoms with Crippen LogP contribution in [0.3, 0.4) is 0 Å². The summed E-state index contributed by atoms with van der Waals surface area (Å²) < 4.78 is 11.4. The van der Waals surface area contributed by atoms with Crippen LogP contribution in [-0.2, 0) is 0 Å². The van der Waals surface area contributed by atoms with Gasteiger partial charge < -0.3 is 15.0 Å². The fourth-order valence-corrected chi connectivity index (χ4v) is 2.39. The Hall–Kier alpha value is -1.40. The van der Waals surface area contributed by atoms with Crippen molar-refractivity contribution in [2.75, 3.05) is 7.11 Å². The number of nitrogens with two attached hydrogens (primary N) is 1. The Morgan fingerprint density at radius 2 is 2.26 bits per heavy atom. The smallest absolute Gasteiger partial charge is 0.229 e. The highest BCUT2D eigenvalue weighted by molar-refractivity contribution is 9.10. The van der Waals surface area contributed by atoms with Crippen molar-refractivity contribution in [3.8, 4) is 5.75 Å².